The van der Waals surface area contributed by atoms with Crippen molar-refractivity contribution < 1.29 is 13.6 Å². The Balaban J connectivity index is 1.25. The van der Waals surface area contributed by atoms with Gasteiger partial charge in [-0.1, -0.05) is 5.16 Å². The second kappa shape index (κ2) is 8.07. The number of benzene rings is 1. The van der Waals surface area contributed by atoms with E-state index >= 15 is 0 Å². The van der Waals surface area contributed by atoms with Crippen LogP contribution in [0, 0.1) is 17.9 Å². The van der Waals surface area contributed by atoms with Crippen molar-refractivity contribution in [2.45, 2.75) is 57.9 Å². The van der Waals surface area contributed by atoms with Gasteiger partial charge in [0.15, 0.2) is 5.58 Å². The molecule has 0 N–H and O–H groups in total. The molecule has 4 heterocycles. The van der Waals surface area contributed by atoms with Crippen LogP contribution in [0.5, 0.6) is 0 Å². The van der Waals surface area contributed by atoms with E-state index in [9.17, 15) is 14.4 Å². The van der Waals surface area contributed by atoms with E-state index < -0.39 is 0 Å². The lowest BCUT2D eigenvalue weighted by Gasteiger charge is -2.31. The van der Waals surface area contributed by atoms with Crippen LogP contribution in [0.15, 0.2) is 27.5 Å². The lowest BCUT2D eigenvalue weighted by molar-refractivity contribution is -0.627. The molecule has 7 nitrogen and oxygen atoms in total. The maximum absolute atomic E-state index is 13.4. The van der Waals surface area contributed by atoms with Crippen LogP contribution < -0.4 is 10.3 Å². The fourth-order valence-corrected chi connectivity index (χ4v) is 5.09. The predicted molar refractivity (Wildman–Crippen MR) is 113 cm³/mol. The van der Waals surface area contributed by atoms with E-state index in [-0.39, 0.29) is 17.3 Å². The lowest BCUT2D eigenvalue weighted by atomic mass is 9.91. The third-order valence-electron chi connectivity index (χ3n) is 6.94. The molecule has 0 aliphatic carbocycles. The molecule has 2 aromatic heterocycles. The zero-order valence-corrected chi connectivity index (χ0v) is 17.8. The van der Waals surface area contributed by atoms with Gasteiger partial charge in [-0.25, -0.2) is 13.9 Å². The Bertz CT molecular complexity index is 1180. The maximum Gasteiger partial charge on any atom is 0.340 e. The number of hydrogen-bond donors (Lipinski definition) is 0. The third kappa shape index (κ3) is 3.63. The molecule has 5 rings (SSSR count). The fourth-order valence-electron chi connectivity index (χ4n) is 5.09. The molecule has 2 aliphatic rings. The van der Waals surface area contributed by atoms with Crippen LogP contribution in [0.1, 0.15) is 54.4 Å². The first-order chi connectivity index (χ1) is 15.0. The monoisotopic (exact) mass is 426 g/mol. The van der Waals surface area contributed by atoms with Gasteiger partial charge in [-0.05, 0) is 64.3 Å². The first-order valence-corrected chi connectivity index (χ1v) is 11.1. The summed E-state index contributed by atoms with van der Waals surface area (Å²) in [4.78, 5) is 15.3. The van der Waals surface area contributed by atoms with Gasteiger partial charge in [0.25, 0.3) is 5.82 Å². The van der Waals surface area contributed by atoms with Gasteiger partial charge in [0.1, 0.15) is 11.5 Å². The van der Waals surface area contributed by atoms with Crippen LogP contribution in [-0.2, 0) is 19.4 Å². The lowest BCUT2D eigenvalue weighted by Crippen LogP contribution is -2.48. The summed E-state index contributed by atoms with van der Waals surface area (Å²) in [5.74, 6) is 0.568. The second-order valence-corrected chi connectivity index (χ2v) is 8.76. The van der Waals surface area contributed by atoms with E-state index in [2.05, 4.69) is 10.1 Å². The molecular weight excluding hydrogens is 399 g/mol. The van der Waals surface area contributed by atoms with Crippen molar-refractivity contribution in [2.75, 3.05) is 19.6 Å². The minimum atomic E-state index is -0.321. The van der Waals surface area contributed by atoms with Crippen LogP contribution in [0.4, 0.5) is 4.39 Å². The normalized spacial score (nSPS) is 17.9. The molecule has 0 spiro atoms. The fraction of sp³-hybridized carbons (Fsp3) is 0.522. The Kier molecular flexibility index (Phi) is 5.25. The van der Waals surface area contributed by atoms with Gasteiger partial charge < -0.3 is 14.6 Å². The number of nitrogens with zero attached hydrogens (tertiary/aromatic N) is 4. The number of halogens is 1. The Morgan fingerprint density at radius 3 is 2.87 bits per heavy atom. The standard InChI is InChI=1S/C23H27FN4O3/c1-15-18(23(29)27-10-3-2-4-21(27)28(15)30)9-13-26-11-7-16(8-12-26)22-19-6-5-17(24)14-20(19)31-25-22/h5-6,14,16H,2-4,7-13H2,1H3. The second-order valence-electron chi connectivity index (χ2n) is 8.76. The number of likely N-dealkylation sites (tertiary alicyclic amines) is 1. The Morgan fingerprint density at radius 1 is 1.26 bits per heavy atom. The molecule has 2 aliphatic heterocycles. The summed E-state index contributed by atoms with van der Waals surface area (Å²) in [6.07, 6.45) is 5.05. The molecule has 1 saturated heterocycles. The molecule has 0 atom stereocenters. The molecule has 31 heavy (non-hydrogen) atoms. The summed E-state index contributed by atoms with van der Waals surface area (Å²) in [5.41, 5.74) is 2.61. The van der Waals surface area contributed by atoms with Crippen molar-refractivity contribution in [1.29, 1.82) is 0 Å². The van der Waals surface area contributed by atoms with Gasteiger partial charge in [0.2, 0.25) is 0 Å². The van der Waals surface area contributed by atoms with Gasteiger partial charge in [0.05, 0.1) is 24.2 Å². The third-order valence-corrected chi connectivity index (χ3v) is 6.94. The topological polar surface area (TPSA) is 78.2 Å². The van der Waals surface area contributed by atoms with E-state index in [0.717, 1.165) is 61.1 Å². The smallest absolute Gasteiger partial charge is 0.340 e. The average molecular weight is 426 g/mol. The highest BCUT2D eigenvalue weighted by Gasteiger charge is 2.28. The zero-order valence-electron chi connectivity index (χ0n) is 17.8. The molecule has 1 fully saturated rings. The SMILES string of the molecule is Cc1c(CCN2CCC(c3noc4cc(F)ccc34)CC2)c(=O)n2c([n+]1[O-])CCCC2. The molecule has 0 saturated carbocycles. The highest BCUT2D eigenvalue weighted by Crippen LogP contribution is 2.32. The van der Waals surface area contributed by atoms with Gasteiger partial charge in [-0.15, -0.1) is 0 Å². The number of rotatable bonds is 4. The summed E-state index contributed by atoms with van der Waals surface area (Å²) in [6, 6.07) is 4.57. The maximum atomic E-state index is 13.4. The van der Waals surface area contributed by atoms with Crippen LogP contribution in [0.2, 0.25) is 0 Å². The first-order valence-electron chi connectivity index (χ1n) is 11.1. The Labute approximate surface area is 179 Å². The van der Waals surface area contributed by atoms with E-state index in [1.807, 2.05) is 0 Å². The minimum Gasteiger partial charge on any atom is -0.711 e. The molecular formula is C23H27FN4O3. The van der Waals surface area contributed by atoms with Gasteiger partial charge in [0, 0.05) is 23.9 Å². The summed E-state index contributed by atoms with van der Waals surface area (Å²) in [5, 5.41) is 17.7. The predicted octanol–water partition coefficient (Wildman–Crippen LogP) is 2.83. The quantitative estimate of drug-likeness (QED) is 0.474. The molecule has 0 radical (unpaired) electrons. The van der Waals surface area contributed by atoms with Crippen molar-refractivity contribution in [2.24, 2.45) is 0 Å². The van der Waals surface area contributed by atoms with E-state index in [0.29, 0.717) is 42.1 Å². The van der Waals surface area contributed by atoms with E-state index in [1.165, 1.54) is 12.1 Å². The van der Waals surface area contributed by atoms with Crippen LogP contribution >= 0.6 is 0 Å². The van der Waals surface area contributed by atoms with E-state index in [1.54, 1.807) is 17.6 Å². The highest BCUT2D eigenvalue weighted by molar-refractivity contribution is 5.79. The van der Waals surface area contributed by atoms with Crippen LogP contribution in [-0.4, -0.2) is 34.3 Å². The minimum absolute atomic E-state index is 0.00971. The molecule has 0 unspecified atom stereocenters. The average Bonchev–Trinajstić information content (AvgIpc) is 3.21. The summed E-state index contributed by atoms with van der Waals surface area (Å²) in [6.45, 7) is 4.95. The van der Waals surface area contributed by atoms with Crippen molar-refractivity contribution >= 4 is 11.0 Å². The zero-order chi connectivity index (χ0) is 21.5. The molecule has 1 aromatic carbocycles. The Morgan fingerprint density at radius 2 is 2.06 bits per heavy atom. The highest BCUT2D eigenvalue weighted by atomic mass is 19.1. The van der Waals surface area contributed by atoms with Crippen molar-refractivity contribution in [3.8, 4) is 0 Å². The summed E-state index contributed by atoms with van der Waals surface area (Å²) in [7, 11) is 0. The van der Waals surface area contributed by atoms with Crippen molar-refractivity contribution in [3.63, 3.8) is 0 Å². The molecule has 164 valence electrons. The first kappa shape index (κ1) is 20.2. The van der Waals surface area contributed by atoms with Crippen LogP contribution in [0.3, 0.4) is 0 Å². The largest absolute Gasteiger partial charge is 0.711 e. The molecule has 8 heteroatoms. The number of piperidine rings is 1. The van der Waals surface area contributed by atoms with Crippen molar-refractivity contribution in [3.05, 3.63) is 62.4 Å². The van der Waals surface area contributed by atoms with Gasteiger partial charge >= 0.3 is 5.56 Å². The van der Waals surface area contributed by atoms with Crippen LogP contribution in [0.25, 0.3) is 11.0 Å². The molecule has 0 amide bonds. The number of aromatic nitrogens is 3. The molecule has 3 aromatic rings. The number of hydrogen-bond acceptors (Lipinski definition) is 5. The van der Waals surface area contributed by atoms with Gasteiger partial charge in [-0.3, -0.25) is 0 Å². The van der Waals surface area contributed by atoms with Crippen molar-refractivity contribution in [1.82, 2.24) is 14.6 Å². The summed E-state index contributed by atoms with van der Waals surface area (Å²) >= 11 is 0. The number of fused-ring (bicyclic) bond motifs is 2. The summed E-state index contributed by atoms with van der Waals surface area (Å²) < 4.78 is 21.4. The van der Waals surface area contributed by atoms with E-state index in [4.69, 9.17) is 4.52 Å². The molecule has 0 bridgehead atoms. The van der Waals surface area contributed by atoms with Gasteiger partial charge in [-0.2, -0.15) is 4.57 Å². The Hall–Kier alpha value is -2.74.